The third kappa shape index (κ3) is 5.41. The summed E-state index contributed by atoms with van der Waals surface area (Å²) >= 11 is 6.13. The van der Waals surface area contributed by atoms with E-state index in [-0.39, 0.29) is 24.2 Å². The van der Waals surface area contributed by atoms with Crippen molar-refractivity contribution < 1.29 is 14.5 Å². The quantitative estimate of drug-likeness (QED) is 0.463. The molecule has 1 amide bonds. The summed E-state index contributed by atoms with van der Waals surface area (Å²) in [6.45, 7) is 0.268. The van der Waals surface area contributed by atoms with E-state index >= 15 is 0 Å². The molecule has 0 spiro atoms. The molecule has 0 heterocycles. The minimum Gasteiger partial charge on any atom is -0.375 e. The third-order valence-corrected chi connectivity index (χ3v) is 3.87. The number of amides is 1. The molecule has 6 nitrogen and oxygen atoms in total. The van der Waals surface area contributed by atoms with Crippen molar-refractivity contribution in [2.75, 3.05) is 13.7 Å². The molecule has 0 aliphatic rings. The highest BCUT2D eigenvalue weighted by Gasteiger charge is 2.14. The Morgan fingerprint density at radius 2 is 1.96 bits per heavy atom. The van der Waals surface area contributed by atoms with Crippen LogP contribution >= 0.6 is 11.6 Å². The summed E-state index contributed by atoms with van der Waals surface area (Å²) in [7, 11) is 1.55. The van der Waals surface area contributed by atoms with Crippen LogP contribution in [0.25, 0.3) is 6.08 Å². The first kappa shape index (κ1) is 18.6. The monoisotopic (exact) mass is 360 g/mol. The summed E-state index contributed by atoms with van der Waals surface area (Å²) in [6, 6.07) is 13.2. The predicted molar refractivity (Wildman–Crippen MR) is 96.3 cm³/mol. The van der Waals surface area contributed by atoms with E-state index in [1.807, 2.05) is 18.2 Å². The van der Waals surface area contributed by atoms with E-state index in [1.165, 1.54) is 18.2 Å². The van der Waals surface area contributed by atoms with Crippen molar-refractivity contribution in [1.29, 1.82) is 0 Å². The zero-order valence-electron chi connectivity index (χ0n) is 13.5. The standard InChI is InChI=1S/C18H17ClN2O4/c1-25-17(15-4-2-3-5-16(15)19)12-20-18(22)11-8-13-6-9-14(10-7-13)21(23)24/h2-11,17H,12H2,1H3,(H,20,22)/b11-8+. The van der Waals surface area contributed by atoms with Crippen LogP contribution in [0.5, 0.6) is 0 Å². The highest BCUT2D eigenvalue weighted by molar-refractivity contribution is 6.31. The Morgan fingerprint density at radius 1 is 1.28 bits per heavy atom. The summed E-state index contributed by atoms with van der Waals surface area (Å²) < 4.78 is 5.38. The van der Waals surface area contributed by atoms with Crippen LogP contribution in [-0.2, 0) is 9.53 Å². The fourth-order valence-electron chi connectivity index (χ4n) is 2.19. The van der Waals surface area contributed by atoms with Crippen molar-refractivity contribution in [2.45, 2.75) is 6.10 Å². The molecule has 1 unspecified atom stereocenters. The number of ether oxygens (including phenoxy) is 1. The van der Waals surface area contributed by atoms with Gasteiger partial charge in [0.2, 0.25) is 5.91 Å². The SMILES string of the molecule is COC(CNC(=O)/C=C/c1ccc([N+](=O)[O-])cc1)c1ccccc1Cl. The Morgan fingerprint density at radius 3 is 2.56 bits per heavy atom. The smallest absolute Gasteiger partial charge is 0.269 e. The normalized spacial score (nSPS) is 12.1. The molecule has 0 saturated heterocycles. The molecular formula is C18H17ClN2O4. The number of carbonyl (C=O) groups excluding carboxylic acids is 1. The second-order valence-electron chi connectivity index (χ2n) is 5.17. The molecule has 0 aliphatic heterocycles. The van der Waals surface area contributed by atoms with Gasteiger partial charge in [-0.15, -0.1) is 0 Å². The molecule has 0 aromatic heterocycles. The topological polar surface area (TPSA) is 81.5 Å². The Labute approximate surface area is 150 Å². The second kappa shape index (κ2) is 8.96. The first-order valence-electron chi connectivity index (χ1n) is 7.49. The number of nitrogens with one attached hydrogen (secondary N) is 1. The molecule has 0 bridgehead atoms. The van der Waals surface area contributed by atoms with Gasteiger partial charge >= 0.3 is 0 Å². The second-order valence-corrected chi connectivity index (χ2v) is 5.58. The maximum Gasteiger partial charge on any atom is 0.269 e. The summed E-state index contributed by atoms with van der Waals surface area (Å²) in [4.78, 5) is 22.1. The molecule has 0 saturated carbocycles. The maximum atomic E-state index is 11.9. The van der Waals surface area contributed by atoms with Crippen molar-refractivity contribution in [3.05, 3.63) is 80.9 Å². The summed E-state index contributed by atoms with van der Waals surface area (Å²) in [6.07, 6.45) is 2.59. The molecule has 0 radical (unpaired) electrons. The number of nitrogens with zero attached hydrogens (tertiary/aromatic N) is 1. The summed E-state index contributed by atoms with van der Waals surface area (Å²) in [5.74, 6) is -0.299. The molecule has 2 rings (SSSR count). The minimum absolute atomic E-state index is 0.00396. The molecular weight excluding hydrogens is 344 g/mol. The lowest BCUT2D eigenvalue weighted by Gasteiger charge is -2.17. The third-order valence-electron chi connectivity index (χ3n) is 3.53. The minimum atomic E-state index is -0.472. The fraction of sp³-hybridized carbons (Fsp3) is 0.167. The Bertz CT molecular complexity index is 775. The number of benzene rings is 2. The van der Waals surface area contributed by atoms with Crippen LogP contribution in [-0.4, -0.2) is 24.5 Å². The van der Waals surface area contributed by atoms with Crippen molar-refractivity contribution in [3.8, 4) is 0 Å². The van der Waals surface area contributed by atoms with Gasteiger partial charge in [-0.1, -0.05) is 29.8 Å². The van der Waals surface area contributed by atoms with Gasteiger partial charge in [0.25, 0.3) is 5.69 Å². The average molecular weight is 361 g/mol. The lowest BCUT2D eigenvalue weighted by molar-refractivity contribution is -0.384. The molecule has 1 atom stereocenters. The Balaban J connectivity index is 1.93. The van der Waals surface area contributed by atoms with Crippen LogP contribution in [0.3, 0.4) is 0 Å². The van der Waals surface area contributed by atoms with Gasteiger partial charge in [0.05, 0.1) is 4.92 Å². The van der Waals surface area contributed by atoms with Crippen molar-refractivity contribution in [3.63, 3.8) is 0 Å². The van der Waals surface area contributed by atoms with Crippen molar-refractivity contribution >= 4 is 29.3 Å². The highest BCUT2D eigenvalue weighted by Crippen LogP contribution is 2.24. The molecule has 1 N–H and O–H groups in total. The van der Waals surface area contributed by atoms with Gasteiger partial charge in [0.15, 0.2) is 0 Å². The summed E-state index contributed by atoms with van der Waals surface area (Å²) in [5.41, 5.74) is 1.49. The molecule has 2 aromatic rings. The van der Waals surface area contributed by atoms with Gasteiger partial charge in [0.1, 0.15) is 6.10 Å². The number of methoxy groups -OCH3 is 1. The van der Waals surface area contributed by atoms with Crippen LogP contribution in [0.15, 0.2) is 54.6 Å². The predicted octanol–water partition coefficient (Wildman–Crippen LogP) is 3.77. The molecule has 0 aliphatic carbocycles. The van der Waals surface area contributed by atoms with Crippen LogP contribution in [0, 0.1) is 10.1 Å². The van der Waals surface area contributed by atoms with E-state index < -0.39 is 4.92 Å². The van der Waals surface area contributed by atoms with Gasteiger partial charge in [-0.2, -0.15) is 0 Å². The molecule has 130 valence electrons. The summed E-state index contributed by atoms with van der Waals surface area (Å²) in [5, 5.41) is 13.9. The lowest BCUT2D eigenvalue weighted by atomic mass is 10.1. The number of carbonyl (C=O) groups is 1. The van der Waals surface area contributed by atoms with E-state index in [2.05, 4.69) is 5.32 Å². The van der Waals surface area contributed by atoms with Gasteiger partial charge in [0, 0.05) is 42.4 Å². The van der Waals surface area contributed by atoms with Crippen LogP contribution in [0.1, 0.15) is 17.2 Å². The number of rotatable bonds is 7. The highest BCUT2D eigenvalue weighted by atomic mass is 35.5. The first-order chi connectivity index (χ1) is 12.0. The van der Waals surface area contributed by atoms with Gasteiger partial charge in [-0.25, -0.2) is 0 Å². The zero-order valence-corrected chi connectivity index (χ0v) is 14.3. The van der Waals surface area contributed by atoms with E-state index in [1.54, 1.807) is 31.4 Å². The van der Waals surface area contributed by atoms with Crippen molar-refractivity contribution in [2.24, 2.45) is 0 Å². The van der Waals surface area contributed by atoms with Crippen LogP contribution < -0.4 is 5.32 Å². The largest absolute Gasteiger partial charge is 0.375 e. The number of nitro groups is 1. The van der Waals surface area contributed by atoms with Crippen molar-refractivity contribution in [1.82, 2.24) is 5.32 Å². The van der Waals surface area contributed by atoms with Gasteiger partial charge in [-0.3, -0.25) is 14.9 Å². The Kier molecular flexibility index (Phi) is 6.68. The molecule has 7 heteroatoms. The Hall–Kier alpha value is -2.70. The average Bonchev–Trinajstić information content (AvgIpc) is 2.62. The molecule has 25 heavy (non-hydrogen) atoms. The number of halogens is 1. The number of nitro benzene ring substituents is 1. The molecule has 0 fully saturated rings. The van der Waals surface area contributed by atoms with Gasteiger partial charge in [-0.05, 0) is 29.8 Å². The van der Waals surface area contributed by atoms with Gasteiger partial charge < -0.3 is 10.1 Å². The van der Waals surface area contributed by atoms with E-state index in [0.29, 0.717) is 10.6 Å². The van der Waals surface area contributed by atoms with Crippen LogP contribution in [0.2, 0.25) is 5.02 Å². The van der Waals surface area contributed by atoms with E-state index in [4.69, 9.17) is 16.3 Å². The van der Waals surface area contributed by atoms with E-state index in [9.17, 15) is 14.9 Å². The molecule has 2 aromatic carbocycles. The number of hydrogen-bond donors (Lipinski definition) is 1. The lowest BCUT2D eigenvalue weighted by Crippen LogP contribution is -2.27. The van der Waals surface area contributed by atoms with E-state index in [0.717, 1.165) is 5.56 Å². The zero-order chi connectivity index (χ0) is 18.2. The number of non-ortho nitro benzene ring substituents is 1. The van der Waals surface area contributed by atoms with Crippen LogP contribution in [0.4, 0.5) is 5.69 Å². The fourth-order valence-corrected chi connectivity index (χ4v) is 2.45. The maximum absolute atomic E-state index is 11.9. The number of hydrogen-bond acceptors (Lipinski definition) is 4. The first-order valence-corrected chi connectivity index (χ1v) is 7.86.